The maximum Gasteiger partial charge on any atom is 0.265 e. The molecule has 2 aromatic carbocycles. The van der Waals surface area contributed by atoms with Gasteiger partial charge in [-0.15, -0.1) is 0 Å². The Hall–Kier alpha value is -1.40. The first-order valence-corrected chi connectivity index (χ1v) is 8.77. The van der Waals surface area contributed by atoms with Gasteiger partial charge in [0.25, 0.3) is 10.1 Å². The Morgan fingerprint density at radius 2 is 1.64 bits per heavy atom. The SMILES string of the molecule is CS(=O)(=O)OC(C(=O)c1ccc(Cl)cc1)c1ccccc1Cl. The number of hydrogen-bond acceptors (Lipinski definition) is 4. The lowest BCUT2D eigenvalue weighted by molar-refractivity contribution is 0.0803. The predicted molar refractivity (Wildman–Crippen MR) is 85.9 cm³/mol. The average Bonchev–Trinajstić information content (AvgIpc) is 2.45. The van der Waals surface area contributed by atoms with Gasteiger partial charge in [-0.1, -0.05) is 41.4 Å². The molecule has 0 bridgehead atoms. The van der Waals surface area contributed by atoms with Gasteiger partial charge in [0.05, 0.1) is 6.26 Å². The monoisotopic (exact) mass is 358 g/mol. The van der Waals surface area contributed by atoms with Gasteiger partial charge in [0.1, 0.15) is 0 Å². The summed E-state index contributed by atoms with van der Waals surface area (Å²) in [7, 11) is -3.85. The van der Waals surface area contributed by atoms with Crippen LogP contribution in [0.4, 0.5) is 0 Å². The van der Waals surface area contributed by atoms with Gasteiger partial charge >= 0.3 is 0 Å². The van der Waals surface area contributed by atoms with Crippen LogP contribution in [0.5, 0.6) is 0 Å². The highest BCUT2D eigenvalue weighted by Crippen LogP contribution is 2.30. The normalized spacial score (nSPS) is 12.9. The zero-order chi connectivity index (χ0) is 16.3. The summed E-state index contributed by atoms with van der Waals surface area (Å²) >= 11 is 11.8. The molecule has 0 heterocycles. The second-order valence-corrected chi connectivity index (χ2v) is 7.02. The van der Waals surface area contributed by atoms with Crippen molar-refractivity contribution in [1.29, 1.82) is 0 Å². The molecule has 0 N–H and O–H groups in total. The average molecular weight is 359 g/mol. The number of Topliss-reactive ketones (excluding diaryl/α,β-unsaturated/α-hetero) is 1. The van der Waals surface area contributed by atoms with Crippen LogP contribution < -0.4 is 0 Å². The summed E-state index contributed by atoms with van der Waals surface area (Å²) in [6.45, 7) is 0. The number of carbonyl (C=O) groups is 1. The summed E-state index contributed by atoms with van der Waals surface area (Å²) in [5.74, 6) is -0.518. The molecule has 0 fully saturated rings. The van der Waals surface area contributed by atoms with Crippen molar-refractivity contribution in [3.63, 3.8) is 0 Å². The largest absolute Gasteiger partial charge is 0.291 e. The molecule has 0 saturated heterocycles. The molecule has 1 unspecified atom stereocenters. The molecule has 116 valence electrons. The smallest absolute Gasteiger partial charge is 0.265 e. The van der Waals surface area contributed by atoms with Gasteiger partial charge in [-0.05, 0) is 30.3 Å². The Bertz CT molecular complexity index is 785. The van der Waals surface area contributed by atoms with Crippen LogP contribution in [-0.2, 0) is 14.3 Å². The molecule has 0 aromatic heterocycles. The number of rotatable bonds is 5. The third-order valence-electron chi connectivity index (χ3n) is 2.83. The molecule has 4 nitrogen and oxygen atoms in total. The van der Waals surface area contributed by atoms with Gasteiger partial charge in [-0.25, -0.2) is 0 Å². The molecule has 0 spiro atoms. The molecule has 0 aliphatic carbocycles. The maximum atomic E-state index is 12.6. The van der Waals surface area contributed by atoms with E-state index in [1.165, 1.54) is 12.1 Å². The molecule has 2 rings (SSSR count). The van der Waals surface area contributed by atoms with Crippen molar-refractivity contribution in [3.05, 3.63) is 69.7 Å². The third kappa shape index (κ3) is 4.30. The predicted octanol–water partition coefficient (Wildman–Crippen LogP) is 3.89. The zero-order valence-corrected chi connectivity index (χ0v) is 13.8. The lowest BCUT2D eigenvalue weighted by atomic mass is 10.00. The van der Waals surface area contributed by atoms with E-state index in [-0.39, 0.29) is 16.1 Å². The van der Waals surface area contributed by atoms with Crippen molar-refractivity contribution in [2.24, 2.45) is 0 Å². The summed E-state index contributed by atoms with van der Waals surface area (Å²) in [5, 5.41) is 0.716. The molecule has 1 atom stereocenters. The zero-order valence-electron chi connectivity index (χ0n) is 11.5. The number of ketones is 1. The van der Waals surface area contributed by atoms with Crippen molar-refractivity contribution in [3.8, 4) is 0 Å². The quantitative estimate of drug-likeness (QED) is 0.600. The Kier molecular flexibility index (Phi) is 5.24. The van der Waals surface area contributed by atoms with Crippen molar-refractivity contribution in [2.75, 3.05) is 6.26 Å². The Morgan fingerprint density at radius 3 is 2.18 bits per heavy atom. The molecule has 22 heavy (non-hydrogen) atoms. The van der Waals surface area contributed by atoms with Crippen LogP contribution >= 0.6 is 23.2 Å². The first-order chi connectivity index (χ1) is 10.3. The Balaban J connectivity index is 2.47. The van der Waals surface area contributed by atoms with Crippen molar-refractivity contribution < 1.29 is 17.4 Å². The minimum absolute atomic E-state index is 0.249. The van der Waals surface area contributed by atoms with E-state index in [0.29, 0.717) is 5.02 Å². The molecule has 0 saturated carbocycles. The number of carbonyl (C=O) groups excluding carboxylic acids is 1. The first-order valence-electron chi connectivity index (χ1n) is 6.20. The molecule has 7 heteroatoms. The van der Waals surface area contributed by atoms with E-state index in [0.717, 1.165) is 6.26 Å². The summed E-state index contributed by atoms with van der Waals surface area (Å²) in [4.78, 5) is 12.6. The van der Waals surface area contributed by atoms with Gasteiger partial charge in [0.15, 0.2) is 11.9 Å². The summed E-state index contributed by atoms with van der Waals surface area (Å²) in [6, 6.07) is 12.5. The molecule has 0 radical (unpaired) electrons. The maximum absolute atomic E-state index is 12.6. The highest BCUT2D eigenvalue weighted by molar-refractivity contribution is 7.86. The van der Waals surface area contributed by atoms with E-state index in [9.17, 15) is 13.2 Å². The van der Waals surface area contributed by atoms with Crippen molar-refractivity contribution in [1.82, 2.24) is 0 Å². The summed E-state index contributed by atoms with van der Waals surface area (Å²) in [5.41, 5.74) is 0.563. The molecule has 0 aliphatic heterocycles. The number of hydrogen-bond donors (Lipinski definition) is 0. The minimum atomic E-state index is -3.85. The number of halogens is 2. The van der Waals surface area contributed by atoms with E-state index in [2.05, 4.69) is 0 Å². The van der Waals surface area contributed by atoms with Crippen LogP contribution in [0.25, 0.3) is 0 Å². The fourth-order valence-corrected chi connectivity index (χ4v) is 2.77. The van der Waals surface area contributed by atoms with Crippen LogP contribution in [0.1, 0.15) is 22.0 Å². The van der Waals surface area contributed by atoms with Crippen LogP contribution in [0.2, 0.25) is 10.0 Å². The molecular formula is C15H12Cl2O4S. The van der Waals surface area contributed by atoms with Gasteiger partial charge < -0.3 is 0 Å². The highest BCUT2D eigenvalue weighted by Gasteiger charge is 2.28. The van der Waals surface area contributed by atoms with Crippen LogP contribution in [0.3, 0.4) is 0 Å². The third-order valence-corrected chi connectivity index (χ3v) is 3.96. The summed E-state index contributed by atoms with van der Waals surface area (Å²) in [6.07, 6.45) is -0.462. The van der Waals surface area contributed by atoms with Crippen LogP contribution in [0, 0.1) is 0 Å². The van der Waals surface area contributed by atoms with Crippen molar-refractivity contribution >= 4 is 39.1 Å². The van der Waals surface area contributed by atoms with Gasteiger partial charge in [-0.3, -0.25) is 8.98 Å². The minimum Gasteiger partial charge on any atom is -0.291 e. The van der Waals surface area contributed by atoms with Crippen LogP contribution in [-0.4, -0.2) is 20.5 Å². The summed E-state index contributed by atoms with van der Waals surface area (Å²) < 4.78 is 27.9. The lowest BCUT2D eigenvalue weighted by Gasteiger charge is -2.17. The van der Waals surface area contributed by atoms with E-state index in [1.54, 1.807) is 36.4 Å². The van der Waals surface area contributed by atoms with Gasteiger partial charge in [-0.2, -0.15) is 8.42 Å². The van der Waals surface area contributed by atoms with E-state index in [1.807, 2.05) is 0 Å². The second-order valence-electron chi connectivity index (χ2n) is 4.57. The van der Waals surface area contributed by atoms with Gasteiger partial charge in [0, 0.05) is 21.2 Å². The highest BCUT2D eigenvalue weighted by atomic mass is 35.5. The van der Waals surface area contributed by atoms with Crippen LogP contribution in [0.15, 0.2) is 48.5 Å². The fraction of sp³-hybridized carbons (Fsp3) is 0.133. The molecule has 0 aliphatic rings. The Morgan fingerprint density at radius 1 is 1.05 bits per heavy atom. The van der Waals surface area contributed by atoms with E-state index < -0.39 is 22.0 Å². The van der Waals surface area contributed by atoms with E-state index in [4.69, 9.17) is 27.4 Å². The molecular weight excluding hydrogens is 347 g/mol. The standard InChI is InChI=1S/C15H12Cl2O4S/c1-22(19,20)21-15(12-4-2-3-5-13(12)17)14(18)10-6-8-11(16)9-7-10/h2-9,15H,1H3. The molecule has 2 aromatic rings. The van der Waals surface area contributed by atoms with Crippen molar-refractivity contribution in [2.45, 2.75) is 6.10 Å². The topological polar surface area (TPSA) is 60.4 Å². The first kappa shape index (κ1) is 17.0. The Labute approximate surface area is 138 Å². The van der Waals surface area contributed by atoms with Gasteiger partial charge in [0.2, 0.25) is 0 Å². The fourth-order valence-electron chi connectivity index (χ4n) is 1.86. The molecule has 0 amide bonds. The number of benzene rings is 2. The van der Waals surface area contributed by atoms with E-state index >= 15 is 0 Å². The second kappa shape index (κ2) is 6.79. The lowest BCUT2D eigenvalue weighted by Crippen LogP contribution is -2.20.